The van der Waals surface area contributed by atoms with E-state index in [1.165, 1.54) is 5.56 Å². The monoisotopic (exact) mass is 286 g/mol. The average molecular weight is 286 g/mol. The van der Waals surface area contributed by atoms with Gasteiger partial charge in [0.05, 0.1) is 11.4 Å². The first-order chi connectivity index (χ1) is 9.70. The summed E-state index contributed by atoms with van der Waals surface area (Å²) in [6.07, 6.45) is 0.785. The van der Waals surface area contributed by atoms with E-state index in [9.17, 15) is 5.11 Å². The summed E-state index contributed by atoms with van der Waals surface area (Å²) in [5, 5.41) is 15.3. The summed E-state index contributed by atoms with van der Waals surface area (Å²) >= 11 is 0. The highest BCUT2D eigenvalue weighted by molar-refractivity contribution is 5.45. The Hall–Kier alpha value is -1.77. The van der Waals surface area contributed by atoms with Gasteiger partial charge in [-0.15, -0.1) is 0 Å². The lowest BCUT2D eigenvalue weighted by Crippen LogP contribution is -2.17. The molecular formula is C18H26N2O. The van der Waals surface area contributed by atoms with Crippen LogP contribution in [0.4, 0.5) is 0 Å². The Labute approximate surface area is 127 Å². The Kier molecular flexibility index (Phi) is 4.13. The first kappa shape index (κ1) is 15.6. The molecule has 1 aromatic heterocycles. The molecule has 0 spiro atoms. The molecule has 0 saturated heterocycles. The molecular weight excluding hydrogens is 260 g/mol. The zero-order valence-corrected chi connectivity index (χ0v) is 13.9. The normalized spacial score (nSPS) is 12.1. The van der Waals surface area contributed by atoms with E-state index in [-0.39, 0.29) is 5.41 Å². The molecule has 21 heavy (non-hydrogen) atoms. The third-order valence-electron chi connectivity index (χ3n) is 3.49. The van der Waals surface area contributed by atoms with E-state index in [1.54, 1.807) is 0 Å². The number of aromatic nitrogens is 2. The molecule has 0 saturated carbocycles. The van der Waals surface area contributed by atoms with E-state index in [0.717, 1.165) is 23.5 Å². The summed E-state index contributed by atoms with van der Waals surface area (Å²) < 4.78 is 1.90. The Morgan fingerprint density at radius 2 is 1.90 bits per heavy atom. The third kappa shape index (κ3) is 3.29. The van der Waals surface area contributed by atoms with Gasteiger partial charge in [0.15, 0.2) is 5.75 Å². The molecule has 1 N–H and O–H groups in total. The predicted octanol–water partition coefficient (Wildman–Crippen LogP) is 4.38. The molecule has 0 bridgehead atoms. The molecule has 0 amide bonds. The van der Waals surface area contributed by atoms with Gasteiger partial charge >= 0.3 is 0 Å². The highest BCUT2D eigenvalue weighted by Gasteiger charge is 2.28. The minimum Gasteiger partial charge on any atom is -0.504 e. The van der Waals surface area contributed by atoms with E-state index in [1.807, 2.05) is 16.8 Å². The Morgan fingerprint density at radius 1 is 1.24 bits per heavy atom. The SMILES string of the molecule is Cc1cccc(-n2nc(CC(C)C)c(O)c2C(C)(C)C)c1. The highest BCUT2D eigenvalue weighted by Crippen LogP contribution is 2.36. The fourth-order valence-corrected chi connectivity index (χ4v) is 2.60. The van der Waals surface area contributed by atoms with Gasteiger partial charge < -0.3 is 5.11 Å². The van der Waals surface area contributed by atoms with Crippen LogP contribution < -0.4 is 0 Å². The molecule has 0 radical (unpaired) electrons. The number of benzene rings is 1. The number of nitrogens with zero attached hydrogens (tertiary/aromatic N) is 2. The maximum atomic E-state index is 10.6. The van der Waals surface area contributed by atoms with Crippen LogP contribution in [-0.4, -0.2) is 14.9 Å². The highest BCUT2D eigenvalue weighted by atomic mass is 16.3. The van der Waals surface area contributed by atoms with Crippen LogP contribution in [-0.2, 0) is 11.8 Å². The fraction of sp³-hybridized carbons (Fsp3) is 0.500. The zero-order chi connectivity index (χ0) is 15.8. The minimum atomic E-state index is -0.171. The van der Waals surface area contributed by atoms with Crippen molar-refractivity contribution < 1.29 is 5.11 Å². The predicted molar refractivity (Wildman–Crippen MR) is 87.2 cm³/mol. The molecule has 0 aliphatic rings. The second-order valence-electron chi connectivity index (χ2n) is 7.24. The molecule has 0 fully saturated rings. The first-order valence-corrected chi connectivity index (χ1v) is 7.58. The molecule has 1 heterocycles. The van der Waals surface area contributed by atoms with E-state index >= 15 is 0 Å². The number of aryl methyl sites for hydroxylation is 1. The molecule has 3 heteroatoms. The topological polar surface area (TPSA) is 38.0 Å². The maximum absolute atomic E-state index is 10.6. The van der Waals surface area contributed by atoms with Gasteiger partial charge in [-0.1, -0.05) is 46.8 Å². The quantitative estimate of drug-likeness (QED) is 0.909. The lowest BCUT2D eigenvalue weighted by Gasteiger charge is -2.21. The molecule has 0 unspecified atom stereocenters. The van der Waals surface area contributed by atoms with Crippen molar-refractivity contribution in [2.45, 2.75) is 53.4 Å². The van der Waals surface area contributed by atoms with E-state index < -0.39 is 0 Å². The van der Waals surface area contributed by atoms with Gasteiger partial charge in [-0.05, 0) is 37.0 Å². The van der Waals surface area contributed by atoms with Crippen LogP contribution in [0, 0.1) is 12.8 Å². The van der Waals surface area contributed by atoms with E-state index in [0.29, 0.717) is 11.7 Å². The second-order valence-corrected chi connectivity index (χ2v) is 7.24. The summed E-state index contributed by atoms with van der Waals surface area (Å²) in [6.45, 7) is 12.7. The van der Waals surface area contributed by atoms with Gasteiger partial charge in [0.2, 0.25) is 0 Å². The van der Waals surface area contributed by atoms with Crippen LogP contribution >= 0.6 is 0 Å². The average Bonchev–Trinajstić information content (AvgIpc) is 2.66. The van der Waals surface area contributed by atoms with Crippen molar-refractivity contribution in [3.05, 3.63) is 41.2 Å². The maximum Gasteiger partial charge on any atom is 0.161 e. The number of hydrogen-bond acceptors (Lipinski definition) is 2. The molecule has 0 aliphatic heterocycles. The molecule has 2 rings (SSSR count). The van der Waals surface area contributed by atoms with Gasteiger partial charge in [-0.3, -0.25) is 0 Å². The molecule has 0 aliphatic carbocycles. The van der Waals surface area contributed by atoms with Crippen molar-refractivity contribution in [1.29, 1.82) is 0 Å². The minimum absolute atomic E-state index is 0.171. The van der Waals surface area contributed by atoms with Crippen LogP contribution in [0.1, 0.15) is 51.6 Å². The molecule has 1 aromatic carbocycles. The van der Waals surface area contributed by atoms with Gasteiger partial charge in [0, 0.05) is 5.41 Å². The van der Waals surface area contributed by atoms with Crippen molar-refractivity contribution in [1.82, 2.24) is 9.78 Å². The Bertz CT molecular complexity index is 633. The van der Waals surface area contributed by atoms with Crippen molar-refractivity contribution in [3.63, 3.8) is 0 Å². The van der Waals surface area contributed by atoms with Crippen molar-refractivity contribution in [3.8, 4) is 11.4 Å². The van der Waals surface area contributed by atoms with Crippen LogP contribution in [0.2, 0.25) is 0 Å². The van der Waals surface area contributed by atoms with Crippen LogP contribution in [0.5, 0.6) is 5.75 Å². The molecule has 114 valence electrons. The van der Waals surface area contributed by atoms with Gasteiger partial charge in [-0.25, -0.2) is 4.68 Å². The molecule has 2 aromatic rings. The molecule has 3 nitrogen and oxygen atoms in total. The summed E-state index contributed by atoms with van der Waals surface area (Å²) in [7, 11) is 0. The summed E-state index contributed by atoms with van der Waals surface area (Å²) in [6, 6.07) is 8.23. The summed E-state index contributed by atoms with van der Waals surface area (Å²) in [5.74, 6) is 0.808. The summed E-state index contributed by atoms with van der Waals surface area (Å²) in [4.78, 5) is 0. The van der Waals surface area contributed by atoms with Crippen LogP contribution in [0.3, 0.4) is 0 Å². The van der Waals surface area contributed by atoms with Crippen molar-refractivity contribution >= 4 is 0 Å². The van der Waals surface area contributed by atoms with Gasteiger partial charge in [0.25, 0.3) is 0 Å². The Morgan fingerprint density at radius 3 is 2.43 bits per heavy atom. The second kappa shape index (κ2) is 5.55. The summed E-state index contributed by atoms with van der Waals surface area (Å²) in [5.41, 5.74) is 3.69. The molecule has 0 atom stereocenters. The van der Waals surface area contributed by atoms with Gasteiger partial charge in [0.1, 0.15) is 5.69 Å². The van der Waals surface area contributed by atoms with E-state index in [2.05, 4.69) is 53.7 Å². The fourth-order valence-electron chi connectivity index (χ4n) is 2.60. The largest absolute Gasteiger partial charge is 0.504 e. The van der Waals surface area contributed by atoms with Gasteiger partial charge in [-0.2, -0.15) is 5.10 Å². The Balaban J connectivity index is 2.64. The zero-order valence-electron chi connectivity index (χ0n) is 13.9. The van der Waals surface area contributed by atoms with Crippen molar-refractivity contribution in [2.24, 2.45) is 5.92 Å². The van der Waals surface area contributed by atoms with Crippen LogP contribution in [0.15, 0.2) is 24.3 Å². The lowest BCUT2D eigenvalue weighted by molar-refractivity contribution is 0.432. The van der Waals surface area contributed by atoms with Crippen molar-refractivity contribution in [2.75, 3.05) is 0 Å². The van der Waals surface area contributed by atoms with Crippen LogP contribution in [0.25, 0.3) is 5.69 Å². The number of rotatable bonds is 3. The van der Waals surface area contributed by atoms with E-state index in [4.69, 9.17) is 5.10 Å². The first-order valence-electron chi connectivity index (χ1n) is 7.58. The standard InChI is InChI=1S/C18H26N2O/c1-12(2)10-15-16(21)17(18(4,5)6)20(19-15)14-9-7-8-13(3)11-14/h7-9,11-12,21H,10H2,1-6H3. The smallest absolute Gasteiger partial charge is 0.161 e. The number of hydrogen-bond donors (Lipinski definition) is 1. The lowest BCUT2D eigenvalue weighted by atomic mass is 9.90. The third-order valence-corrected chi connectivity index (χ3v) is 3.49. The number of aromatic hydroxyl groups is 1.